The number of likely N-dealkylation sites (tertiary alicyclic amines) is 1. The SMILES string of the molecule is CCCC(N)C(=O)NC1CCCN(Cc2c(F)cccc2F)C1.Cl. The fraction of sp³-hybridized carbons (Fsp3) is 0.588. The minimum atomic E-state index is -0.527. The highest BCUT2D eigenvalue weighted by Crippen LogP contribution is 2.18. The molecule has 1 aromatic rings. The molecule has 7 heteroatoms. The summed E-state index contributed by atoms with van der Waals surface area (Å²) in [5.41, 5.74) is 5.90. The van der Waals surface area contributed by atoms with E-state index in [9.17, 15) is 13.6 Å². The summed E-state index contributed by atoms with van der Waals surface area (Å²) in [6.45, 7) is 3.55. The van der Waals surface area contributed by atoms with Crippen LogP contribution in [0.3, 0.4) is 0 Å². The third kappa shape index (κ3) is 5.69. The van der Waals surface area contributed by atoms with Crippen molar-refractivity contribution < 1.29 is 13.6 Å². The van der Waals surface area contributed by atoms with Crippen molar-refractivity contribution in [3.63, 3.8) is 0 Å². The first-order valence-electron chi connectivity index (χ1n) is 8.22. The van der Waals surface area contributed by atoms with Crippen LogP contribution in [0.5, 0.6) is 0 Å². The van der Waals surface area contributed by atoms with Crippen molar-refractivity contribution in [3.05, 3.63) is 35.4 Å². The molecule has 1 aliphatic heterocycles. The first kappa shape index (κ1) is 20.8. The Hall–Kier alpha value is -1.24. The van der Waals surface area contributed by atoms with Crippen LogP contribution in [0.25, 0.3) is 0 Å². The van der Waals surface area contributed by atoms with Gasteiger partial charge < -0.3 is 11.1 Å². The van der Waals surface area contributed by atoms with Crippen LogP contribution in [0, 0.1) is 11.6 Å². The van der Waals surface area contributed by atoms with Crippen LogP contribution in [0.4, 0.5) is 8.78 Å². The highest BCUT2D eigenvalue weighted by molar-refractivity contribution is 5.85. The van der Waals surface area contributed by atoms with E-state index in [-0.39, 0.29) is 36.5 Å². The van der Waals surface area contributed by atoms with Gasteiger partial charge >= 0.3 is 0 Å². The largest absolute Gasteiger partial charge is 0.351 e. The maximum Gasteiger partial charge on any atom is 0.237 e. The zero-order valence-corrected chi connectivity index (χ0v) is 14.7. The van der Waals surface area contributed by atoms with Gasteiger partial charge in [-0.05, 0) is 37.9 Å². The van der Waals surface area contributed by atoms with Crippen molar-refractivity contribution in [1.82, 2.24) is 10.2 Å². The fourth-order valence-corrected chi connectivity index (χ4v) is 2.97. The van der Waals surface area contributed by atoms with Crippen LogP contribution in [0.15, 0.2) is 18.2 Å². The van der Waals surface area contributed by atoms with Crippen LogP contribution in [-0.2, 0) is 11.3 Å². The Labute approximate surface area is 148 Å². The minimum Gasteiger partial charge on any atom is -0.351 e. The average Bonchev–Trinajstić information content (AvgIpc) is 2.52. The van der Waals surface area contributed by atoms with Gasteiger partial charge in [0.1, 0.15) is 11.6 Å². The van der Waals surface area contributed by atoms with Gasteiger partial charge in [-0.3, -0.25) is 9.69 Å². The molecule has 2 unspecified atom stereocenters. The van der Waals surface area contributed by atoms with E-state index >= 15 is 0 Å². The molecule has 1 saturated heterocycles. The van der Waals surface area contributed by atoms with Crippen molar-refractivity contribution in [1.29, 1.82) is 0 Å². The second kappa shape index (κ2) is 9.91. The van der Waals surface area contributed by atoms with E-state index in [2.05, 4.69) is 5.32 Å². The molecule has 0 bridgehead atoms. The molecule has 2 atom stereocenters. The van der Waals surface area contributed by atoms with Gasteiger partial charge in [0, 0.05) is 24.7 Å². The number of nitrogens with two attached hydrogens (primary N) is 1. The highest BCUT2D eigenvalue weighted by Gasteiger charge is 2.24. The molecule has 2 rings (SSSR count). The molecule has 3 N–H and O–H groups in total. The second-order valence-electron chi connectivity index (χ2n) is 6.18. The number of benzene rings is 1. The normalized spacial score (nSPS) is 19.4. The van der Waals surface area contributed by atoms with E-state index < -0.39 is 17.7 Å². The lowest BCUT2D eigenvalue weighted by Crippen LogP contribution is -2.51. The number of carbonyl (C=O) groups excluding carboxylic acids is 1. The Morgan fingerprint density at radius 3 is 2.71 bits per heavy atom. The molecule has 0 aliphatic carbocycles. The second-order valence-corrected chi connectivity index (χ2v) is 6.18. The van der Waals surface area contributed by atoms with Gasteiger partial charge in [0.2, 0.25) is 5.91 Å². The maximum absolute atomic E-state index is 13.8. The minimum absolute atomic E-state index is 0. The molecule has 1 fully saturated rings. The Morgan fingerprint density at radius 1 is 1.42 bits per heavy atom. The molecule has 0 spiro atoms. The third-order valence-electron chi connectivity index (χ3n) is 4.23. The molecule has 1 aliphatic rings. The zero-order chi connectivity index (χ0) is 16.8. The van der Waals surface area contributed by atoms with Crippen LogP contribution in [0.2, 0.25) is 0 Å². The van der Waals surface area contributed by atoms with E-state index in [1.807, 2.05) is 11.8 Å². The summed E-state index contributed by atoms with van der Waals surface area (Å²) in [5.74, 6) is -1.20. The van der Waals surface area contributed by atoms with Crippen molar-refractivity contribution in [3.8, 4) is 0 Å². The van der Waals surface area contributed by atoms with Gasteiger partial charge in [-0.2, -0.15) is 0 Å². The van der Waals surface area contributed by atoms with Crippen LogP contribution in [0.1, 0.15) is 38.2 Å². The molecule has 4 nitrogen and oxygen atoms in total. The number of amides is 1. The van der Waals surface area contributed by atoms with E-state index in [1.165, 1.54) is 18.2 Å². The predicted octanol–water partition coefficient (Wildman–Crippen LogP) is 2.59. The number of nitrogens with zero attached hydrogens (tertiary/aromatic N) is 1. The quantitative estimate of drug-likeness (QED) is 0.818. The van der Waals surface area contributed by atoms with E-state index in [0.29, 0.717) is 13.0 Å². The van der Waals surface area contributed by atoms with Crippen molar-refractivity contribution in [2.24, 2.45) is 5.73 Å². The van der Waals surface area contributed by atoms with E-state index in [1.54, 1.807) is 0 Å². The Balaban J connectivity index is 0.00000288. The highest BCUT2D eigenvalue weighted by atomic mass is 35.5. The molecule has 0 saturated carbocycles. The first-order chi connectivity index (χ1) is 11.0. The van der Waals surface area contributed by atoms with E-state index in [0.717, 1.165) is 25.8 Å². The number of halogens is 3. The van der Waals surface area contributed by atoms with Gasteiger partial charge in [-0.1, -0.05) is 19.4 Å². The van der Waals surface area contributed by atoms with Gasteiger partial charge in [-0.25, -0.2) is 8.78 Å². The molecule has 136 valence electrons. The Kier molecular flexibility index (Phi) is 8.59. The number of rotatable bonds is 6. The van der Waals surface area contributed by atoms with Gasteiger partial charge in [-0.15, -0.1) is 12.4 Å². The lowest BCUT2D eigenvalue weighted by Gasteiger charge is -2.33. The molecular formula is C17H26ClF2N3O. The maximum atomic E-state index is 13.8. The van der Waals surface area contributed by atoms with Crippen LogP contribution in [-0.4, -0.2) is 36.0 Å². The molecular weight excluding hydrogens is 336 g/mol. The van der Waals surface area contributed by atoms with Crippen LogP contribution >= 0.6 is 12.4 Å². The predicted molar refractivity (Wildman–Crippen MR) is 92.9 cm³/mol. The molecule has 24 heavy (non-hydrogen) atoms. The summed E-state index contributed by atoms with van der Waals surface area (Å²) in [4.78, 5) is 14.0. The number of piperidine rings is 1. The summed E-state index contributed by atoms with van der Waals surface area (Å²) < 4.78 is 27.5. The Bertz CT molecular complexity index is 524. The van der Waals surface area contributed by atoms with Crippen LogP contribution < -0.4 is 11.1 Å². The first-order valence-corrected chi connectivity index (χ1v) is 8.22. The van der Waals surface area contributed by atoms with Gasteiger partial charge in [0.15, 0.2) is 0 Å². The van der Waals surface area contributed by atoms with Gasteiger partial charge in [0.25, 0.3) is 0 Å². The molecule has 1 amide bonds. The van der Waals surface area contributed by atoms with Gasteiger partial charge in [0.05, 0.1) is 6.04 Å². The molecule has 0 aromatic heterocycles. The third-order valence-corrected chi connectivity index (χ3v) is 4.23. The van der Waals surface area contributed by atoms with E-state index in [4.69, 9.17) is 5.73 Å². The standard InChI is InChI=1S/C17H25F2N3O.ClH/c1-2-5-16(20)17(23)21-12-6-4-9-22(10-12)11-13-14(18)7-3-8-15(13)19;/h3,7-8,12,16H,2,4-6,9-11,20H2,1H3,(H,21,23);1H. The summed E-state index contributed by atoms with van der Waals surface area (Å²) in [7, 11) is 0. The van der Waals surface area contributed by atoms with Crippen molar-refractivity contribution in [2.45, 2.75) is 51.2 Å². The molecule has 1 aromatic carbocycles. The van der Waals surface area contributed by atoms with Crippen molar-refractivity contribution in [2.75, 3.05) is 13.1 Å². The topological polar surface area (TPSA) is 58.4 Å². The number of carbonyl (C=O) groups is 1. The van der Waals surface area contributed by atoms with Crippen molar-refractivity contribution >= 4 is 18.3 Å². The smallest absolute Gasteiger partial charge is 0.237 e. The number of hydrogen-bond donors (Lipinski definition) is 2. The zero-order valence-electron chi connectivity index (χ0n) is 13.9. The average molecular weight is 362 g/mol. The number of hydrogen-bond acceptors (Lipinski definition) is 3. The Morgan fingerprint density at radius 2 is 2.08 bits per heavy atom. The fourth-order valence-electron chi connectivity index (χ4n) is 2.97. The summed E-state index contributed by atoms with van der Waals surface area (Å²) in [6.07, 6.45) is 3.26. The summed E-state index contributed by atoms with van der Waals surface area (Å²) >= 11 is 0. The summed E-state index contributed by atoms with van der Waals surface area (Å²) in [5, 5.41) is 2.96. The number of nitrogens with one attached hydrogen (secondary N) is 1. The lowest BCUT2D eigenvalue weighted by atomic mass is 10.0. The lowest BCUT2D eigenvalue weighted by molar-refractivity contribution is -0.123. The monoisotopic (exact) mass is 361 g/mol. The molecule has 1 heterocycles. The molecule has 0 radical (unpaired) electrons. The summed E-state index contributed by atoms with van der Waals surface area (Å²) in [6, 6.07) is 3.40.